The fourth-order valence-electron chi connectivity index (χ4n) is 4.29. The average Bonchev–Trinajstić information content (AvgIpc) is 2.71. The van der Waals surface area contributed by atoms with E-state index in [0.717, 1.165) is 11.1 Å². The first-order chi connectivity index (χ1) is 15.9. The smallest absolute Gasteiger partial charge is 0.122 e. The predicted molar refractivity (Wildman–Crippen MR) is 142 cm³/mol. The summed E-state index contributed by atoms with van der Waals surface area (Å²) in [5.74, 6) is 1.15. The van der Waals surface area contributed by atoms with Crippen molar-refractivity contribution < 1.29 is 15.3 Å². The lowest BCUT2D eigenvalue weighted by Crippen LogP contribution is -2.01. The molecule has 0 aliphatic heterocycles. The lowest BCUT2D eigenvalue weighted by Gasteiger charge is -2.16. The van der Waals surface area contributed by atoms with Gasteiger partial charge in [0.1, 0.15) is 17.2 Å². The second-order valence-corrected chi connectivity index (χ2v) is 11.1. The molecule has 0 saturated carbocycles. The summed E-state index contributed by atoms with van der Waals surface area (Å²) in [7, 11) is 0. The average molecular weight is 522 g/mol. The third kappa shape index (κ3) is 6.53. The van der Waals surface area contributed by atoms with E-state index < -0.39 is 0 Å². The summed E-state index contributed by atoms with van der Waals surface area (Å²) < 4.78 is 0. The number of hydrogen-bond donors (Lipinski definition) is 3. The van der Waals surface area contributed by atoms with Gasteiger partial charge in [-0.1, -0.05) is 62.5 Å². The molecule has 0 unspecified atom stereocenters. The number of halogens is 3. The Morgan fingerprint density at radius 3 is 1.00 bits per heavy atom. The minimum absolute atomic E-state index is 0.0685. The molecule has 0 fully saturated rings. The van der Waals surface area contributed by atoms with Crippen LogP contribution in [0.5, 0.6) is 17.2 Å². The molecule has 0 heterocycles. The molecule has 6 heteroatoms. The molecule has 3 aromatic carbocycles. The first-order valence-electron chi connectivity index (χ1n) is 11.4. The summed E-state index contributed by atoms with van der Waals surface area (Å²) >= 11 is 19.1. The Morgan fingerprint density at radius 2 is 0.735 bits per heavy atom. The van der Waals surface area contributed by atoms with Gasteiger partial charge in [0.15, 0.2) is 0 Å². The van der Waals surface area contributed by atoms with Crippen LogP contribution >= 0.6 is 34.8 Å². The molecular weight excluding hydrogens is 491 g/mol. The molecule has 0 saturated heterocycles. The summed E-state index contributed by atoms with van der Waals surface area (Å²) in [6.45, 7) is 8.31. The summed E-state index contributed by atoms with van der Waals surface area (Å²) in [5, 5.41) is 34.3. The van der Waals surface area contributed by atoms with Crippen LogP contribution in [0.25, 0.3) is 0 Å². The molecule has 182 valence electrons. The molecule has 0 atom stereocenters. The van der Waals surface area contributed by atoms with Gasteiger partial charge in [-0.05, 0) is 72.2 Å². The van der Waals surface area contributed by atoms with Gasteiger partial charge in [-0.15, -0.1) is 0 Å². The summed E-state index contributed by atoms with van der Waals surface area (Å²) in [4.78, 5) is 0. The van der Waals surface area contributed by atoms with Gasteiger partial charge >= 0.3 is 0 Å². The van der Waals surface area contributed by atoms with E-state index in [1.807, 2.05) is 0 Å². The van der Waals surface area contributed by atoms with Crippen LogP contribution in [0.2, 0.25) is 15.1 Å². The maximum Gasteiger partial charge on any atom is 0.122 e. The van der Waals surface area contributed by atoms with Crippen LogP contribution in [0, 0.1) is 11.8 Å². The maximum atomic E-state index is 11.1. The quantitative estimate of drug-likeness (QED) is 0.279. The molecule has 3 aromatic rings. The molecule has 0 amide bonds. The van der Waals surface area contributed by atoms with E-state index in [4.69, 9.17) is 34.8 Å². The highest BCUT2D eigenvalue weighted by Gasteiger charge is 2.18. The van der Waals surface area contributed by atoms with E-state index >= 15 is 0 Å². The Bertz CT molecular complexity index is 1100. The van der Waals surface area contributed by atoms with Crippen LogP contribution in [0.3, 0.4) is 0 Å². The monoisotopic (exact) mass is 520 g/mol. The van der Waals surface area contributed by atoms with E-state index in [1.165, 1.54) is 0 Å². The first-order valence-corrected chi connectivity index (χ1v) is 12.6. The summed E-state index contributed by atoms with van der Waals surface area (Å²) in [6.07, 6.45) is 1.91. The zero-order valence-corrected chi connectivity index (χ0v) is 22.2. The minimum atomic E-state index is 0.0685. The fourth-order valence-corrected chi connectivity index (χ4v) is 5.08. The number of benzene rings is 3. The van der Waals surface area contributed by atoms with Gasteiger partial charge in [-0.25, -0.2) is 0 Å². The van der Waals surface area contributed by atoms with E-state index in [-0.39, 0.29) is 30.1 Å². The van der Waals surface area contributed by atoms with Crippen LogP contribution in [0.15, 0.2) is 36.4 Å². The van der Waals surface area contributed by atoms with Crippen molar-refractivity contribution in [1.29, 1.82) is 0 Å². The predicted octanol–water partition coefficient (Wildman–Crippen LogP) is 8.34. The number of phenolic OH excluding ortho intramolecular Hbond substituents is 3. The zero-order valence-electron chi connectivity index (χ0n) is 19.9. The van der Waals surface area contributed by atoms with Crippen LogP contribution < -0.4 is 0 Å². The molecule has 0 radical (unpaired) electrons. The van der Waals surface area contributed by atoms with Crippen molar-refractivity contribution in [3.05, 3.63) is 84.8 Å². The Labute approximate surface area is 216 Å². The highest BCUT2D eigenvalue weighted by molar-refractivity contribution is 6.31. The second-order valence-electron chi connectivity index (χ2n) is 9.77. The Hall–Kier alpha value is -2.07. The number of phenols is 3. The number of rotatable bonds is 8. The third-order valence-electron chi connectivity index (χ3n) is 5.72. The molecule has 3 nitrogen and oxygen atoms in total. The molecule has 0 spiro atoms. The van der Waals surface area contributed by atoms with Crippen LogP contribution in [0.4, 0.5) is 0 Å². The summed E-state index contributed by atoms with van der Waals surface area (Å²) in [6, 6.07) is 10.3. The number of aromatic hydroxyl groups is 3. The molecule has 0 aromatic heterocycles. The van der Waals surface area contributed by atoms with Crippen molar-refractivity contribution in [3.8, 4) is 17.2 Å². The minimum Gasteiger partial charge on any atom is -0.507 e. The second kappa shape index (κ2) is 11.1. The lowest BCUT2D eigenvalue weighted by atomic mass is 9.93. The lowest BCUT2D eigenvalue weighted by molar-refractivity contribution is 0.450. The van der Waals surface area contributed by atoms with Crippen LogP contribution in [-0.2, 0) is 25.7 Å². The van der Waals surface area contributed by atoms with Crippen molar-refractivity contribution >= 4 is 34.8 Å². The van der Waals surface area contributed by atoms with Gasteiger partial charge in [0.25, 0.3) is 0 Å². The molecule has 34 heavy (non-hydrogen) atoms. The molecule has 3 N–H and O–H groups in total. The first kappa shape index (κ1) is 26.5. The van der Waals surface area contributed by atoms with Crippen molar-refractivity contribution in [1.82, 2.24) is 0 Å². The Balaban J connectivity index is 1.99. The van der Waals surface area contributed by atoms with Crippen molar-refractivity contribution in [3.63, 3.8) is 0 Å². The van der Waals surface area contributed by atoms with Crippen LogP contribution in [0.1, 0.15) is 61.1 Å². The van der Waals surface area contributed by atoms with E-state index in [1.54, 1.807) is 36.4 Å². The molecule has 0 aliphatic rings. The molecule has 0 aliphatic carbocycles. The largest absolute Gasteiger partial charge is 0.507 e. The molecule has 0 bridgehead atoms. The van der Waals surface area contributed by atoms with Gasteiger partial charge in [-0.3, -0.25) is 0 Å². The third-order valence-corrected chi connectivity index (χ3v) is 6.37. The van der Waals surface area contributed by atoms with Gasteiger partial charge in [0, 0.05) is 50.2 Å². The van der Waals surface area contributed by atoms with Crippen LogP contribution in [-0.4, -0.2) is 15.3 Å². The normalized spacial score (nSPS) is 11.6. The number of hydrogen-bond acceptors (Lipinski definition) is 3. The van der Waals surface area contributed by atoms with Gasteiger partial charge in [0.05, 0.1) is 0 Å². The van der Waals surface area contributed by atoms with Gasteiger partial charge in [0.2, 0.25) is 0 Å². The molecule has 3 rings (SSSR count). The van der Waals surface area contributed by atoms with Crippen molar-refractivity contribution in [2.75, 3.05) is 0 Å². The van der Waals surface area contributed by atoms with Gasteiger partial charge < -0.3 is 15.3 Å². The Kier molecular flexibility index (Phi) is 8.67. The van der Waals surface area contributed by atoms with E-state index in [2.05, 4.69) is 27.7 Å². The fraction of sp³-hybridized carbons (Fsp3) is 0.357. The van der Waals surface area contributed by atoms with Crippen molar-refractivity contribution in [2.45, 2.75) is 53.4 Å². The Morgan fingerprint density at radius 1 is 0.500 bits per heavy atom. The van der Waals surface area contributed by atoms with Crippen molar-refractivity contribution in [2.24, 2.45) is 11.8 Å². The van der Waals surface area contributed by atoms with E-state index in [9.17, 15) is 15.3 Å². The summed E-state index contributed by atoms with van der Waals surface area (Å²) in [5.41, 5.74) is 3.94. The van der Waals surface area contributed by atoms with Gasteiger partial charge in [-0.2, -0.15) is 0 Å². The highest BCUT2D eigenvalue weighted by Crippen LogP contribution is 2.37. The maximum absolute atomic E-state index is 11.1. The standard InChI is InChI=1S/C28H31Cl3O3/c1-15(2)5-17-9-23(29)11-19(26(17)32)7-21-13-25(31)14-22(28(21)34)8-20-12-24(30)10-18(27(20)33)6-16(3)4/h9-16,32-34H,5-8H2,1-4H3. The topological polar surface area (TPSA) is 60.7 Å². The SMILES string of the molecule is CC(C)Cc1cc(Cl)cc(Cc2cc(Cl)cc(Cc3cc(Cl)cc(CC(C)C)c3O)c2O)c1O. The highest BCUT2D eigenvalue weighted by atomic mass is 35.5. The zero-order chi connectivity index (χ0) is 25.2. The molecular formula is C28H31Cl3O3. The van der Waals surface area contributed by atoms with E-state index in [0.29, 0.717) is 62.0 Å².